The SMILES string of the molecule is CCC1CCC(C2CCC(C(=O)Oc3ccc(OC(=O)C4CCC(C5CCC(CC)CC5)CC4)c(C4=Nc5cccc6cccc(c56)N4)c3)CC2)CC1. The lowest BCUT2D eigenvalue weighted by atomic mass is 9.69. The average Bonchev–Trinajstić information content (AvgIpc) is 3.21. The van der Waals surface area contributed by atoms with E-state index < -0.39 is 0 Å². The predicted molar refractivity (Wildman–Crippen MR) is 214 cm³/mol. The van der Waals surface area contributed by atoms with Crippen molar-refractivity contribution in [2.45, 2.75) is 129 Å². The van der Waals surface area contributed by atoms with Gasteiger partial charge in [-0.15, -0.1) is 0 Å². The van der Waals surface area contributed by atoms with Crippen LogP contribution in [0.5, 0.6) is 11.5 Å². The van der Waals surface area contributed by atoms with Crippen LogP contribution in [-0.2, 0) is 9.59 Å². The maximum Gasteiger partial charge on any atom is 0.314 e. The van der Waals surface area contributed by atoms with Crippen molar-refractivity contribution in [1.82, 2.24) is 0 Å². The molecule has 3 aromatic rings. The Balaban J connectivity index is 0.960. The maximum atomic E-state index is 13.8. The van der Waals surface area contributed by atoms with Gasteiger partial charge in [0.2, 0.25) is 0 Å². The predicted octanol–water partition coefficient (Wildman–Crippen LogP) is 12.2. The highest BCUT2D eigenvalue weighted by atomic mass is 16.5. The lowest BCUT2D eigenvalue weighted by Crippen LogP contribution is -2.30. The number of carbonyl (C=O) groups is 2. The van der Waals surface area contributed by atoms with Crippen molar-refractivity contribution in [3.63, 3.8) is 0 Å². The summed E-state index contributed by atoms with van der Waals surface area (Å²) >= 11 is 0. The van der Waals surface area contributed by atoms with E-state index in [1.165, 1.54) is 64.2 Å². The van der Waals surface area contributed by atoms with Crippen LogP contribution in [0.25, 0.3) is 10.8 Å². The van der Waals surface area contributed by atoms with Crippen LogP contribution in [-0.4, -0.2) is 17.8 Å². The van der Waals surface area contributed by atoms with Crippen LogP contribution in [0.15, 0.2) is 59.6 Å². The van der Waals surface area contributed by atoms with Gasteiger partial charge in [-0.05, 0) is 148 Å². The number of carbonyl (C=O) groups excluding carboxylic acids is 2. The third-order valence-electron chi connectivity index (χ3n) is 14.5. The quantitative estimate of drug-likeness (QED) is 0.176. The summed E-state index contributed by atoms with van der Waals surface area (Å²) in [6.07, 6.45) is 21.6. The van der Waals surface area contributed by atoms with E-state index in [9.17, 15) is 9.59 Å². The normalized spacial score (nSPS) is 30.2. The molecule has 0 spiro atoms. The Labute approximate surface area is 316 Å². The third-order valence-corrected chi connectivity index (χ3v) is 14.5. The van der Waals surface area contributed by atoms with E-state index in [1.807, 2.05) is 24.3 Å². The fraction of sp³-hybridized carbons (Fsp3) is 0.596. The molecule has 3 aromatic carbocycles. The number of rotatable bonds is 9. The highest BCUT2D eigenvalue weighted by molar-refractivity contribution is 6.20. The number of amidine groups is 1. The van der Waals surface area contributed by atoms with Crippen LogP contribution >= 0.6 is 0 Å². The Bertz CT molecular complexity index is 1780. The zero-order valence-corrected chi connectivity index (χ0v) is 32.1. The number of ether oxygens (including phenoxy) is 2. The number of nitrogens with one attached hydrogen (secondary N) is 1. The highest BCUT2D eigenvalue weighted by Gasteiger charge is 2.36. The second-order valence-corrected chi connectivity index (χ2v) is 17.4. The van der Waals surface area contributed by atoms with Gasteiger partial charge in [-0.25, -0.2) is 4.99 Å². The Morgan fingerprint density at radius 3 is 1.68 bits per heavy atom. The molecule has 0 unspecified atom stereocenters. The fourth-order valence-electron chi connectivity index (χ4n) is 10.9. The second-order valence-electron chi connectivity index (χ2n) is 17.4. The Morgan fingerprint density at radius 2 is 1.13 bits per heavy atom. The van der Waals surface area contributed by atoms with E-state index in [4.69, 9.17) is 14.5 Å². The smallest absolute Gasteiger partial charge is 0.314 e. The van der Waals surface area contributed by atoms with Gasteiger partial charge in [0.1, 0.15) is 17.3 Å². The fourth-order valence-corrected chi connectivity index (χ4v) is 10.9. The molecule has 4 saturated carbocycles. The second kappa shape index (κ2) is 16.4. The van der Waals surface area contributed by atoms with Crippen LogP contribution < -0.4 is 14.8 Å². The first-order valence-electron chi connectivity index (χ1n) is 21.4. The first kappa shape index (κ1) is 36.3. The maximum absolute atomic E-state index is 13.8. The van der Waals surface area contributed by atoms with Gasteiger partial charge in [0.05, 0.1) is 23.1 Å². The molecule has 6 heteroatoms. The summed E-state index contributed by atoms with van der Waals surface area (Å²) in [6.45, 7) is 4.65. The van der Waals surface area contributed by atoms with Gasteiger partial charge in [0, 0.05) is 11.1 Å². The zero-order chi connectivity index (χ0) is 36.3. The van der Waals surface area contributed by atoms with Crippen molar-refractivity contribution in [2.24, 2.45) is 52.3 Å². The molecular weight excluding hydrogens is 657 g/mol. The minimum Gasteiger partial charge on any atom is -0.426 e. The Hall–Kier alpha value is -3.67. The summed E-state index contributed by atoms with van der Waals surface area (Å²) in [5.41, 5.74) is 2.44. The van der Waals surface area contributed by atoms with E-state index in [-0.39, 0.29) is 23.8 Å². The lowest BCUT2D eigenvalue weighted by molar-refractivity contribution is -0.141. The van der Waals surface area contributed by atoms with Gasteiger partial charge < -0.3 is 14.8 Å². The van der Waals surface area contributed by atoms with Gasteiger partial charge in [-0.1, -0.05) is 76.6 Å². The summed E-state index contributed by atoms with van der Waals surface area (Å²) in [6, 6.07) is 17.7. The number of hydrogen-bond acceptors (Lipinski definition) is 6. The molecule has 8 rings (SSSR count). The molecule has 1 N–H and O–H groups in total. The van der Waals surface area contributed by atoms with Gasteiger partial charge >= 0.3 is 11.9 Å². The summed E-state index contributed by atoms with van der Waals surface area (Å²) in [7, 11) is 0. The first-order chi connectivity index (χ1) is 25.9. The molecule has 0 bridgehead atoms. The topological polar surface area (TPSA) is 77.0 Å². The Morgan fingerprint density at radius 1 is 0.623 bits per heavy atom. The number of esters is 2. The van der Waals surface area contributed by atoms with Crippen molar-refractivity contribution in [3.05, 3.63) is 60.2 Å². The van der Waals surface area contributed by atoms with Gasteiger partial charge in [0.15, 0.2) is 0 Å². The molecule has 0 saturated heterocycles. The average molecular weight is 717 g/mol. The molecule has 4 aliphatic carbocycles. The van der Waals surface area contributed by atoms with E-state index >= 15 is 0 Å². The largest absolute Gasteiger partial charge is 0.426 e. The highest BCUT2D eigenvalue weighted by Crippen LogP contribution is 2.45. The molecule has 0 radical (unpaired) electrons. The Kier molecular flexibility index (Phi) is 11.2. The number of benzene rings is 3. The zero-order valence-electron chi connectivity index (χ0n) is 32.1. The summed E-state index contributed by atoms with van der Waals surface area (Å²) in [5.74, 6) is 5.95. The molecule has 282 valence electrons. The molecular formula is C47H60N2O4. The van der Waals surface area contributed by atoms with E-state index in [0.29, 0.717) is 22.9 Å². The van der Waals surface area contributed by atoms with Crippen molar-refractivity contribution in [1.29, 1.82) is 0 Å². The third kappa shape index (κ3) is 8.08. The number of hydrogen-bond donors (Lipinski definition) is 1. The molecule has 1 heterocycles. The molecule has 4 fully saturated rings. The molecule has 0 amide bonds. The van der Waals surface area contributed by atoms with Crippen molar-refractivity contribution < 1.29 is 19.1 Å². The standard InChI is InChI=1S/C47H60N2O4/c1-3-30-11-15-32(16-12-30)34-19-23-37(24-20-34)46(50)52-39-27-28-43(40(29-39)45-48-41-9-5-7-36-8-6-10-42(49-45)44(36)41)53-47(51)38-25-21-35(22-26-38)33-17-13-31(4-2)14-18-33/h5-10,27-35,37-38H,3-4,11-26H2,1-2H3,(H,48,49). The lowest BCUT2D eigenvalue weighted by Gasteiger charge is -2.37. The van der Waals surface area contributed by atoms with Crippen LogP contribution in [0.4, 0.5) is 11.4 Å². The summed E-state index contributed by atoms with van der Waals surface area (Å²) < 4.78 is 12.4. The molecule has 0 aromatic heterocycles. The number of aliphatic imine (C=N–C) groups is 1. The monoisotopic (exact) mass is 716 g/mol. The minimum atomic E-state index is -0.164. The van der Waals surface area contributed by atoms with E-state index in [0.717, 1.165) is 109 Å². The van der Waals surface area contributed by atoms with Crippen LogP contribution in [0, 0.1) is 47.3 Å². The van der Waals surface area contributed by atoms with Crippen molar-refractivity contribution in [2.75, 3.05) is 5.32 Å². The molecule has 5 aliphatic rings. The molecule has 0 atom stereocenters. The number of nitrogens with zero attached hydrogens (tertiary/aromatic N) is 1. The van der Waals surface area contributed by atoms with Crippen LogP contribution in [0.1, 0.15) is 135 Å². The van der Waals surface area contributed by atoms with E-state index in [1.54, 1.807) is 12.1 Å². The summed E-state index contributed by atoms with van der Waals surface area (Å²) in [5, 5.41) is 5.70. The van der Waals surface area contributed by atoms with Gasteiger partial charge in [-0.3, -0.25) is 9.59 Å². The molecule has 53 heavy (non-hydrogen) atoms. The number of anilines is 1. The minimum absolute atomic E-state index is 0.0781. The molecule has 1 aliphatic heterocycles. The van der Waals surface area contributed by atoms with E-state index in [2.05, 4.69) is 37.4 Å². The van der Waals surface area contributed by atoms with Crippen molar-refractivity contribution in [3.8, 4) is 11.5 Å². The van der Waals surface area contributed by atoms with Gasteiger partial charge in [0.25, 0.3) is 0 Å². The summed E-state index contributed by atoms with van der Waals surface area (Å²) in [4.78, 5) is 32.4. The van der Waals surface area contributed by atoms with Crippen LogP contribution in [0.2, 0.25) is 0 Å². The first-order valence-corrected chi connectivity index (χ1v) is 21.4. The van der Waals surface area contributed by atoms with Crippen molar-refractivity contribution >= 4 is 39.9 Å². The molecule has 6 nitrogen and oxygen atoms in total. The van der Waals surface area contributed by atoms with Gasteiger partial charge in [-0.2, -0.15) is 0 Å². The van der Waals surface area contributed by atoms with Crippen LogP contribution in [0.3, 0.4) is 0 Å².